The molecule has 0 atom stereocenters. The lowest BCUT2D eigenvalue weighted by molar-refractivity contribution is 0.212. The van der Waals surface area contributed by atoms with Crippen molar-refractivity contribution in [3.8, 4) is 0 Å². The second kappa shape index (κ2) is 3.99. The van der Waals surface area contributed by atoms with Gasteiger partial charge in [0.15, 0.2) is 5.15 Å². The van der Waals surface area contributed by atoms with Crippen molar-refractivity contribution in [1.82, 2.24) is 14.7 Å². The zero-order chi connectivity index (χ0) is 12.0. The maximum Gasteiger partial charge on any atom is 0.154 e. The van der Waals surface area contributed by atoms with Gasteiger partial charge in [0.2, 0.25) is 0 Å². The summed E-state index contributed by atoms with van der Waals surface area (Å²) < 4.78 is 2.12. The van der Waals surface area contributed by atoms with Gasteiger partial charge in [0.05, 0.1) is 6.04 Å². The van der Waals surface area contributed by atoms with Crippen LogP contribution >= 0.6 is 11.6 Å². The van der Waals surface area contributed by atoms with E-state index < -0.39 is 0 Å². The second-order valence-corrected chi connectivity index (χ2v) is 6.27. The van der Waals surface area contributed by atoms with E-state index in [1.165, 1.54) is 31.2 Å². The van der Waals surface area contributed by atoms with Crippen molar-refractivity contribution in [3.05, 3.63) is 16.9 Å². The number of nitrogens with zero attached hydrogens (tertiary/aromatic N) is 3. The number of halogens is 1. The number of hydrogen-bond acceptors (Lipinski definition) is 2. The fraction of sp³-hybridized carbons (Fsp3) is 0.769. The molecule has 0 amide bonds. The number of likely N-dealkylation sites (tertiary alicyclic amines) is 1. The SMILES string of the molecule is CN1CCC(n2cc(C3(C)CC3)c(Cl)n2)CC1. The van der Waals surface area contributed by atoms with Crippen molar-refractivity contribution in [3.63, 3.8) is 0 Å². The quantitative estimate of drug-likeness (QED) is 0.808. The van der Waals surface area contributed by atoms with Gasteiger partial charge in [-0.25, -0.2) is 0 Å². The molecule has 2 fully saturated rings. The van der Waals surface area contributed by atoms with Crippen LogP contribution < -0.4 is 0 Å². The van der Waals surface area contributed by atoms with Crippen LogP contribution in [0.2, 0.25) is 5.15 Å². The molecule has 1 saturated carbocycles. The number of piperidine rings is 1. The van der Waals surface area contributed by atoms with Gasteiger partial charge in [0.1, 0.15) is 0 Å². The summed E-state index contributed by atoms with van der Waals surface area (Å²) in [7, 11) is 2.18. The Morgan fingerprint density at radius 1 is 1.35 bits per heavy atom. The first-order valence-corrected chi connectivity index (χ1v) is 6.90. The van der Waals surface area contributed by atoms with Crippen LogP contribution in [0.3, 0.4) is 0 Å². The molecule has 0 unspecified atom stereocenters. The lowest BCUT2D eigenvalue weighted by atomic mass is 10.0. The van der Waals surface area contributed by atoms with Crippen LogP contribution in [0, 0.1) is 0 Å². The molecule has 1 saturated heterocycles. The fourth-order valence-corrected chi connectivity index (χ4v) is 3.04. The van der Waals surface area contributed by atoms with Crippen LogP contribution in [0.25, 0.3) is 0 Å². The normalized spacial score (nSPS) is 25.1. The molecule has 3 nitrogen and oxygen atoms in total. The van der Waals surface area contributed by atoms with Gasteiger partial charge in [-0.2, -0.15) is 5.10 Å². The molecule has 2 aliphatic rings. The van der Waals surface area contributed by atoms with Gasteiger partial charge in [-0.1, -0.05) is 18.5 Å². The van der Waals surface area contributed by atoms with Gasteiger partial charge >= 0.3 is 0 Å². The lowest BCUT2D eigenvalue weighted by Gasteiger charge is -2.29. The predicted octanol–water partition coefficient (Wildman–Crippen LogP) is 2.85. The molecule has 17 heavy (non-hydrogen) atoms. The molecule has 4 heteroatoms. The Kier molecular flexibility index (Phi) is 2.71. The van der Waals surface area contributed by atoms with Gasteiger partial charge in [-0.3, -0.25) is 4.68 Å². The van der Waals surface area contributed by atoms with E-state index in [4.69, 9.17) is 11.6 Å². The van der Waals surface area contributed by atoms with Crippen LogP contribution in [0.5, 0.6) is 0 Å². The third-order valence-corrected chi connectivity index (χ3v) is 4.68. The second-order valence-electron chi connectivity index (χ2n) is 5.91. The van der Waals surface area contributed by atoms with Gasteiger partial charge in [-0.15, -0.1) is 0 Å². The predicted molar refractivity (Wildman–Crippen MR) is 69.6 cm³/mol. The minimum atomic E-state index is 0.320. The van der Waals surface area contributed by atoms with Crippen molar-refractivity contribution in [2.45, 2.75) is 44.1 Å². The first-order valence-electron chi connectivity index (χ1n) is 6.52. The van der Waals surface area contributed by atoms with Crippen LogP contribution in [-0.4, -0.2) is 34.8 Å². The van der Waals surface area contributed by atoms with Crippen molar-refractivity contribution < 1.29 is 0 Å². The Bertz CT molecular complexity index is 414. The van der Waals surface area contributed by atoms with Crippen LogP contribution in [0.15, 0.2) is 6.20 Å². The van der Waals surface area contributed by atoms with Gasteiger partial charge < -0.3 is 4.90 Å². The average molecular weight is 254 g/mol. The first kappa shape index (κ1) is 11.5. The molecule has 0 bridgehead atoms. The van der Waals surface area contributed by atoms with E-state index in [1.54, 1.807) is 0 Å². The summed E-state index contributed by atoms with van der Waals surface area (Å²) in [6, 6.07) is 0.541. The van der Waals surface area contributed by atoms with E-state index in [0.29, 0.717) is 11.5 Å². The molecule has 1 aliphatic carbocycles. The van der Waals surface area contributed by atoms with E-state index in [1.807, 2.05) is 0 Å². The third-order valence-electron chi connectivity index (χ3n) is 4.40. The molecule has 1 aromatic rings. The monoisotopic (exact) mass is 253 g/mol. The molecule has 94 valence electrons. The van der Waals surface area contributed by atoms with Crippen LogP contribution in [-0.2, 0) is 5.41 Å². The summed E-state index contributed by atoms with van der Waals surface area (Å²) in [6.45, 7) is 4.61. The van der Waals surface area contributed by atoms with E-state index in [9.17, 15) is 0 Å². The Morgan fingerprint density at radius 2 is 2.00 bits per heavy atom. The molecular formula is C13H20ClN3. The summed E-state index contributed by atoms with van der Waals surface area (Å²) in [5.74, 6) is 0. The minimum Gasteiger partial charge on any atom is -0.306 e. The Labute approximate surface area is 108 Å². The molecular weight excluding hydrogens is 234 g/mol. The summed E-state index contributed by atoms with van der Waals surface area (Å²) in [5.41, 5.74) is 1.58. The highest BCUT2D eigenvalue weighted by atomic mass is 35.5. The van der Waals surface area contributed by atoms with Crippen molar-refractivity contribution in [2.75, 3.05) is 20.1 Å². The van der Waals surface area contributed by atoms with Gasteiger partial charge in [0.25, 0.3) is 0 Å². The Morgan fingerprint density at radius 3 is 2.59 bits per heavy atom. The molecule has 0 radical (unpaired) electrons. The largest absolute Gasteiger partial charge is 0.306 e. The molecule has 0 spiro atoms. The fourth-order valence-electron chi connectivity index (χ4n) is 2.68. The third kappa shape index (κ3) is 2.11. The number of hydrogen-bond donors (Lipinski definition) is 0. The standard InChI is InChI=1S/C13H20ClN3/c1-13(5-6-13)11-9-17(15-12(11)14)10-3-7-16(2)8-4-10/h9-10H,3-8H2,1-2H3. The zero-order valence-electron chi connectivity index (χ0n) is 10.6. The molecule has 0 aromatic carbocycles. The zero-order valence-corrected chi connectivity index (χ0v) is 11.4. The van der Waals surface area contributed by atoms with Crippen molar-refractivity contribution in [2.24, 2.45) is 0 Å². The van der Waals surface area contributed by atoms with Crippen LogP contribution in [0.4, 0.5) is 0 Å². The van der Waals surface area contributed by atoms with Crippen molar-refractivity contribution >= 4 is 11.6 Å². The smallest absolute Gasteiger partial charge is 0.154 e. The minimum absolute atomic E-state index is 0.320. The van der Waals surface area contributed by atoms with E-state index >= 15 is 0 Å². The molecule has 1 aromatic heterocycles. The summed E-state index contributed by atoms with van der Waals surface area (Å²) in [5, 5.41) is 5.26. The highest BCUT2D eigenvalue weighted by molar-refractivity contribution is 6.30. The van der Waals surface area contributed by atoms with Crippen molar-refractivity contribution in [1.29, 1.82) is 0 Å². The summed E-state index contributed by atoms with van der Waals surface area (Å²) in [6.07, 6.45) is 7.08. The maximum absolute atomic E-state index is 6.28. The van der Waals surface area contributed by atoms with Crippen LogP contribution in [0.1, 0.15) is 44.2 Å². The lowest BCUT2D eigenvalue weighted by Crippen LogP contribution is -2.31. The maximum atomic E-state index is 6.28. The van der Waals surface area contributed by atoms with E-state index in [0.717, 1.165) is 18.2 Å². The highest BCUT2D eigenvalue weighted by Gasteiger charge is 2.42. The summed E-state index contributed by atoms with van der Waals surface area (Å²) in [4.78, 5) is 2.38. The van der Waals surface area contributed by atoms with E-state index in [-0.39, 0.29) is 0 Å². The average Bonchev–Trinajstić information content (AvgIpc) is 2.91. The molecule has 0 N–H and O–H groups in total. The van der Waals surface area contributed by atoms with E-state index in [2.05, 4.69) is 34.8 Å². The molecule has 1 aliphatic heterocycles. The first-order chi connectivity index (χ1) is 8.08. The molecule has 3 rings (SSSR count). The molecule has 2 heterocycles. The Balaban J connectivity index is 1.80. The topological polar surface area (TPSA) is 21.1 Å². The van der Waals surface area contributed by atoms with Gasteiger partial charge in [0, 0.05) is 11.8 Å². The highest BCUT2D eigenvalue weighted by Crippen LogP contribution is 2.49. The summed E-state index contributed by atoms with van der Waals surface area (Å²) >= 11 is 6.28. The number of rotatable bonds is 2. The van der Waals surface area contributed by atoms with Gasteiger partial charge in [-0.05, 0) is 51.2 Å². The number of aromatic nitrogens is 2. The Hall–Kier alpha value is -0.540.